The van der Waals surface area contributed by atoms with Gasteiger partial charge in [0, 0.05) is 17.3 Å². The quantitative estimate of drug-likeness (QED) is 0.639. The van der Waals surface area contributed by atoms with Crippen molar-refractivity contribution in [1.82, 2.24) is 9.38 Å². The van der Waals surface area contributed by atoms with Crippen LogP contribution in [0.4, 0.5) is 0 Å². The lowest BCUT2D eigenvalue weighted by Gasteiger charge is -2.14. The van der Waals surface area contributed by atoms with Gasteiger partial charge in [-0.3, -0.25) is 0 Å². The van der Waals surface area contributed by atoms with Crippen molar-refractivity contribution in [2.24, 2.45) is 0 Å². The first-order valence-corrected chi connectivity index (χ1v) is 5.57. The minimum Gasteiger partial charge on any atom is -0.304 e. The van der Waals surface area contributed by atoms with Crippen LogP contribution in [-0.2, 0) is 11.8 Å². The summed E-state index contributed by atoms with van der Waals surface area (Å²) in [4.78, 5) is 4.81. The lowest BCUT2D eigenvalue weighted by Crippen LogP contribution is -2.12. The number of hydrogen-bond acceptors (Lipinski definition) is 1. The van der Waals surface area contributed by atoms with Crippen LogP contribution in [0.25, 0.3) is 5.65 Å². The average Bonchev–Trinajstić information content (AvgIpc) is 2.67. The van der Waals surface area contributed by atoms with Crippen LogP contribution in [0.15, 0.2) is 18.3 Å². The molecular formula is C13H16N2. The van der Waals surface area contributed by atoms with Crippen LogP contribution in [-0.4, -0.2) is 9.38 Å². The fourth-order valence-electron chi connectivity index (χ4n) is 2.58. The Morgan fingerprint density at radius 3 is 3.00 bits per heavy atom. The summed E-state index contributed by atoms with van der Waals surface area (Å²) in [7, 11) is 0. The van der Waals surface area contributed by atoms with E-state index in [1.54, 1.807) is 0 Å². The zero-order chi connectivity index (χ0) is 10.6. The molecule has 0 N–H and O–H groups in total. The molecule has 2 nitrogen and oxygen atoms in total. The second-order valence-corrected chi connectivity index (χ2v) is 5.18. The minimum atomic E-state index is 0.258. The Morgan fingerprint density at radius 2 is 2.20 bits per heavy atom. The summed E-state index contributed by atoms with van der Waals surface area (Å²) in [6.07, 6.45) is 4.52. The van der Waals surface area contributed by atoms with E-state index in [1.807, 2.05) is 0 Å². The van der Waals surface area contributed by atoms with E-state index in [1.165, 1.54) is 23.4 Å². The summed E-state index contributed by atoms with van der Waals surface area (Å²) in [6.45, 7) is 6.71. The summed E-state index contributed by atoms with van der Waals surface area (Å²) in [5, 5.41) is 0. The molecule has 0 atom stereocenters. The molecule has 2 heterocycles. The van der Waals surface area contributed by atoms with E-state index >= 15 is 0 Å². The van der Waals surface area contributed by atoms with Gasteiger partial charge in [-0.05, 0) is 31.4 Å². The minimum absolute atomic E-state index is 0.258. The first-order valence-electron chi connectivity index (χ1n) is 5.57. The van der Waals surface area contributed by atoms with Gasteiger partial charge in [-0.2, -0.15) is 0 Å². The number of fused-ring (bicyclic) bond motifs is 3. The Labute approximate surface area is 90.0 Å². The Morgan fingerprint density at radius 1 is 1.40 bits per heavy atom. The second kappa shape index (κ2) is 2.63. The number of rotatable bonds is 0. The van der Waals surface area contributed by atoms with E-state index < -0.39 is 0 Å². The Balaban J connectivity index is 2.39. The molecule has 3 rings (SSSR count). The summed E-state index contributed by atoms with van der Waals surface area (Å²) >= 11 is 0. The summed E-state index contributed by atoms with van der Waals surface area (Å²) in [5.74, 6) is 0. The van der Waals surface area contributed by atoms with Gasteiger partial charge >= 0.3 is 0 Å². The van der Waals surface area contributed by atoms with Gasteiger partial charge in [0.15, 0.2) is 0 Å². The first-order chi connectivity index (χ1) is 7.09. The molecule has 15 heavy (non-hydrogen) atoms. The maximum absolute atomic E-state index is 4.81. The first kappa shape index (κ1) is 8.96. The van der Waals surface area contributed by atoms with Crippen LogP contribution < -0.4 is 0 Å². The monoisotopic (exact) mass is 200 g/mol. The smallest absolute Gasteiger partial charge is 0.140 e. The van der Waals surface area contributed by atoms with Gasteiger partial charge in [-0.15, -0.1) is 0 Å². The highest BCUT2D eigenvalue weighted by Gasteiger charge is 2.34. The predicted molar refractivity (Wildman–Crippen MR) is 61.3 cm³/mol. The van der Waals surface area contributed by atoms with Gasteiger partial charge in [-0.1, -0.05) is 19.9 Å². The highest BCUT2D eigenvalue weighted by Crippen LogP contribution is 2.38. The Hall–Kier alpha value is -1.31. The molecule has 1 aliphatic carbocycles. The lowest BCUT2D eigenvalue weighted by atomic mass is 9.91. The molecule has 0 saturated carbocycles. The third kappa shape index (κ3) is 1.08. The summed E-state index contributed by atoms with van der Waals surface area (Å²) in [5.41, 5.74) is 5.38. The number of aromatic nitrogens is 2. The maximum atomic E-state index is 4.81. The van der Waals surface area contributed by atoms with Crippen LogP contribution >= 0.6 is 0 Å². The van der Waals surface area contributed by atoms with Gasteiger partial charge in [0.05, 0.1) is 5.69 Å². The van der Waals surface area contributed by atoms with Crippen molar-refractivity contribution in [3.63, 3.8) is 0 Å². The second-order valence-electron chi connectivity index (χ2n) is 5.18. The van der Waals surface area contributed by atoms with Crippen molar-refractivity contribution in [3.8, 4) is 0 Å². The SMILES string of the molecule is Cc1cccn2c3c(nc12)C(C)(C)CC3. The number of aryl methyl sites for hydroxylation is 2. The maximum Gasteiger partial charge on any atom is 0.140 e. The largest absolute Gasteiger partial charge is 0.304 e. The van der Waals surface area contributed by atoms with Gasteiger partial charge < -0.3 is 4.40 Å². The molecule has 0 aliphatic heterocycles. The summed E-state index contributed by atoms with van der Waals surface area (Å²) < 4.78 is 2.26. The van der Waals surface area contributed by atoms with Crippen molar-refractivity contribution in [2.75, 3.05) is 0 Å². The normalized spacial score (nSPS) is 18.3. The van der Waals surface area contributed by atoms with Crippen LogP contribution in [0.2, 0.25) is 0 Å². The molecule has 0 aromatic carbocycles. The number of imidazole rings is 1. The van der Waals surface area contributed by atoms with Crippen molar-refractivity contribution in [3.05, 3.63) is 35.3 Å². The Kier molecular flexibility index (Phi) is 1.57. The van der Waals surface area contributed by atoms with Crippen molar-refractivity contribution < 1.29 is 0 Å². The average molecular weight is 200 g/mol. The van der Waals surface area contributed by atoms with Gasteiger partial charge in [-0.25, -0.2) is 4.98 Å². The van der Waals surface area contributed by atoms with E-state index in [2.05, 4.69) is 43.5 Å². The lowest BCUT2D eigenvalue weighted by molar-refractivity contribution is 0.510. The Bertz CT molecular complexity index is 535. The van der Waals surface area contributed by atoms with Crippen LogP contribution in [0.5, 0.6) is 0 Å². The molecule has 0 unspecified atom stereocenters. The van der Waals surface area contributed by atoms with E-state index in [0.717, 1.165) is 12.1 Å². The topological polar surface area (TPSA) is 17.3 Å². The van der Waals surface area contributed by atoms with Gasteiger partial charge in [0.2, 0.25) is 0 Å². The molecule has 2 heteroatoms. The van der Waals surface area contributed by atoms with Gasteiger partial charge in [0.1, 0.15) is 5.65 Å². The predicted octanol–water partition coefficient (Wildman–Crippen LogP) is 2.87. The molecule has 0 bridgehead atoms. The molecule has 0 saturated heterocycles. The molecule has 0 amide bonds. The van der Waals surface area contributed by atoms with Crippen molar-refractivity contribution in [1.29, 1.82) is 0 Å². The zero-order valence-electron chi connectivity index (χ0n) is 9.54. The highest BCUT2D eigenvalue weighted by atomic mass is 15.0. The number of pyridine rings is 1. The van der Waals surface area contributed by atoms with E-state index in [9.17, 15) is 0 Å². The fraction of sp³-hybridized carbons (Fsp3) is 0.462. The molecule has 0 spiro atoms. The third-order valence-electron chi connectivity index (χ3n) is 3.57. The van der Waals surface area contributed by atoms with E-state index in [0.29, 0.717) is 0 Å². The molecule has 0 fully saturated rings. The fourth-order valence-corrected chi connectivity index (χ4v) is 2.58. The van der Waals surface area contributed by atoms with Crippen LogP contribution in [0.1, 0.15) is 37.2 Å². The van der Waals surface area contributed by atoms with E-state index in [4.69, 9.17) is 4.98 Å². The van der Waals surface area contributed by atoms with Crippen molar-refractivity contribution in [2.45, 2.75) is 39.0 Å². The molecule has 78 valence electrons. The molecule has 1 aliphatic rings. The number of hydrogen-bond donors (Lipinski definition) is 0. The van der Waals surface area contributed by atoms with E-state index in [-0.39, 0.29) is 5.41 Å². The van der Waals surface area contributed by atoms with Gasteiger partial charge in [0.25, 0.3) is 0 Å². The third-order valence-corrected chi connectivity index (χ3v) is 3.57. The molecule has 0 radical (unpaired) electrons. The molecular weight excluding hydrogens is 184 g/mol. The molecule has 2 aromatic rings. The standard InChI is InChI=1S/C13H16N2/c1-9-5-4-8-15-10-6-7-13(2,3)11(10)14-12(9)15/h4-5,8H,6-7H2,1-3H3. The number of nitrogens with zero attached hydrogens (tertiary/aromatic N) is 2. The van der Waals surface area contributed by atoms with Crippen molar-refractivity contribution >= 4 is 5.65 Å². The summed E-state index contributed by atoms with van der Waals surface area (Å²) in [6, 6.07) is 4.24. The highest BCUT2D eigenvalue weighted by molar-refractivity contribution is 5.52. The molecule has 2 aromatic heterocycles. The van der Waals surface area contributed by atoms with Crippen LogP contribution in [0, 0.1) is 6.92 Å². The zero-order valence-corrected chi connectivity index (χ0v) is 9.54. The van der Waals surface area contributed by atoms with Crippen LogP contribution in [0.3, 0.4) is 0 Å².